The lowest BCUT2D eigenvalue weighted by atomic mass is 9.81. The monoisotopic (exact) mass is 435 g/mol. The summed E-state index contributed by atoms with van der Waals surface area (Å²) in [6, 6.07) is 4.29. The van der Waals surface area contributed by atoms with Crippen molar-refractivity contribution in [2.75, 3.05) is 49.1 Å². The van der Waals surface area contributed by atoms with Gasteiger partial charge in [-0.05, 0) is 55.2 Å². The van der Waals surface area contributed by atoms with Gasteiger partial charge in [-0.3, -0.25) is 4.90 Å². The maximum absolute atomic E-state index is 11.9. The summed E-state index contributed by atoms with van der Waals surface area (Å²) in [4.78, 5) is 9.69. The van der Waals surface area contributed by atoms with E-state index < -0.39 is 9.84 Å². The van der Waals surface area contributed by atoms with Gasteiger partial charge in [-0.1, -0.05) is 19.8 Å². The van der Waals surface area contributed by atoms with Gasteiger partial charge in [0.05, 0.1) is 5.75 Å². The first-order chi connectivity index (χ1) is 14.0. The Balaban J connectivity index is 1.20. The number of fused-ring (bicyclic) bond motifs is 1. The van der Waals surface area contributed by atoms with E-state index in [4.69, 9.17) is 0 Å². The summed E-state index contributed by atoms with van der Waals surface area (Å²) in [5.41, 5.74) is 0. The Morgan fingerprint density at radius 3 is 2.52 bits per heavy atom. The van der Waals surface area contributed by atoms with Crippen LogP contribution < -0.4 is 4.90 Å². The molecule has 1 aliphatic carbocycles. The Bertz CT molecular complexity index is 896. The van der Waals surface area contributed by atoms with Crippen molar-refractivity contribution in [1.29, 1.82) is 0 Å². The van der Waals surface area contributed by atoms with Crippen molar-refractivity contribution in [3.8, 4) is 0 Å². The predicted octanol–water partition coefficient (Wildman–Crippen LogP) is 4.05. The van der Waals surface area contributed by atoms with E-state index >= 15 is 0 Å². The quantitative estimate of drug-likeness (QED) is 0.657. The van der Waals surface area contributed by atoms with Crippen LogP contribution in [0.5, 0.6) is 0 Å². The van der Waals surface area contributed by atoms with Crippen molar-refractivity contribution >= 4 is 37.1 Å². The molecule has 160 valence electrons. The third-order valence-electron chi connectivity index (χ3n) is 6.78. The lowest BCUT2D eigenvalue weighted by molar-refractivity contribution is 0.208. The molecule has 2 aliphatic rings. The van der Waals surface area contributed by atoms with Crippen LogP contribution in [0.1, 0.15) is 39.0 Å². The number of thiophene rings is 1. The average Bonchev–Trinajstić information content (AvgIpc) is 3.22. The molecule has 1 aliphatic heterocycles. The molecule has 2 aromatic rings. The number of sulfone groups is 1. The third-order valence-corrected chi connectivity index (χ3v) is 9.52. The third kappa shape index (κ3) is 5.30. The van der Waals surface area contributed by atoms with Gasteiger partial charge in [-0.25, -0.2) is 13.4 Å². The topological polar surface area (TPSA) is 53.5 Å². The summed E-state index contributed by atoms with van der Waals surface area (Å²) >= 11 is 1.78. The fraction of sp³-hybridized carbons (Fsp3) is 0.682. The van der Waals surface area contributed by atoms with Crippen LogP contribution in [-0.4, -0.2) is 62.5 Å². The first-order valence-corrected chi connectivity index (χ1v) is 13.7. The number of hydrogen-bond acceptors (Lipinski definition) is 6. The van der Waals surface area contributed by atoms with Gasteiger partial charge in [0.25, 0.3) is 0 Å². The smallest absolute Gasteiger partial charge is 0.150 e. The molecule has 4 rings (SSSR count). The van der Waals surface area contributed by atoms with Crippen molar-refractivity contribution in [1.82, 2.24) is 9.88 Å². The van der Waals surface area contributed by atoms with Crippen molar-refractivity contribution < 1.29 is 8.42 Å². The van der Waals surface area contributed by atoms with Gasteiger partial charge in [-0.15, -0.1) is 11.3 Å². The summed E-state index contributed by atoms with van der Waals surface area (Å²) < 4.78 is 25.0. The summed E-state index contributed by atoms with van der Waals surface area (Å²) in [5, 5.41) is 3.44. The second kappa shape index (κ2) is 9.31. The number of aromatic nitrogens is 1. The highest BCUT2D eigenvalue weighted by Crippen LogP contribution is 2.32. The molecule has 0 spiro atoms. The van der Waals surface area contributed by atoms with Gasteiger partial charge in [0.1, 0.15) is 15.7 Å². The molecule has 0 amide bonds. The number of piperazine rings is 1. The zero-order valence-corrected chi connectivity index (χ0v) is 19.1. The van der Waals surface area contributed by atoms with Crippen LogP contribution in [-0.2, 0) is 9.84 Å². The van der Waals surface area contributed by atoms with Crippen LogP contribution in [0.4, 0.5) is 5.82 Å². The van der Waals surface area contributed by atoms with Crippen LogP contribution in [0.2, 0.25) is 0 Å². The summed E-state index contributed by atoms with van der Waals surface area (Å²) in [6.07, 6.45) is 7.78. The molecule has 29 heavy (non-hydrogen) atoms. The number of rotatable bonds is 7. The Morgan fingerprint density at radius 1 is 1.07 bits per heavy atom. The molecule has 0 aromatic carbocycles. The molecule has 5 nitrogen and oxygen atoms in total. The zero-order chi connectivity index (χ0) is 20.3. The first-order valence-electron chi connectivity index (χ1n) is 11.0. The van der Waals surface area contributed by atoms with Crippen molar-refractivity contribution in [2.45, 2.75) is 39.0 Å². The van der Waals surface area contributed by atoms with Crippen molar-refractivity contribution in [3.63, 3.8) is 0 Å². The second-order valence-corrected chi connectivity index (χ2v) is 12.0. The van der Waals surface area contributed by atoms with E-state index in [1.54, 1.807) is 18.3 Å². The lowest BCUT2D eigenvalue weighted by Gasteiger charge is -2.37. The molecule has 3 heterocycles. The van der Waals surface area contributed by atoms with E-state index in [0.717, 1.165) is 50.8 Å². The predicted molar refractivity (Wildman–Crippen MR) is 123 cm³/mol. The average molecular weight is 436 g/mol. The largest absolute Gasteiger partial charge is 0.354 e. The SMILES string of the molecule is CCS(=O)(=O)CC1CCC(CCN2CCN(c3nccc4sccc34)CC2)CC1. The molecule has 0 unspecified atom stereocenters. The van der Waals surface area contributed by atoms with Gasteiger partial charge >= 0.3 is 0 Å². The molecular formula is C22H33N3O2S2. The number of anilines is 1. The molecule has 2 aromatic heterocycles. The minimum absolute atomic E-state index is 0.287. The zero-order valence-electron chi connectivity index (χ0n) is 17.4. The van der Waals surface area contributed by atoms with Crippen molar-refractivity contribution in [2.24, 2.45) is 11.8 Å². The normalized spacial score (nSPS) is 24.2. The summed E-state index contributed by atoms with van der Waals surface area (Å²) in [6.45, 7) is 7.23. The van der Waals surface area contributed by atoms with Crippen LogP contribution in [0.15, 0.2) is 23.7 Å². The molecule has 0 radical (unpaired) electrons. The minimum Gasteiger partial charge on any atom is -0.354 e. The van der Waals surface area contributed by atoms with E-state index in [0.29, 0.717) is 11.7 Å². The molecule has 0 atom stereocenters. The Morgan fingerprint density at radius 2 is 1.79 bits per heavy atom. The molecule has 7 heteroatoms. The summed E-state index contributed by atoms with van der Waals surface area (Å²) in [5.74, 6) is 3.00. The van der Waals surface area contributed by atoms with E-state index in [-0.39, 0.29) is 5.75 Å². The Labute approximate surface area is 179 Å². The van der Waals surface area contributed by atoms with Gasteiger partial charge < -0.3 is 4.90 Å². The molecule has 1 saturated heterocycles. The van der Waals surface area contributed by atoms with Gasteiger partial charge in [0.2, 0.25) is 0 Å². The van der Waals surface area contributed by atoms with Gasteiger partial charge in [-0.2, -0.15) is 0 Å². The Kier molecular flexibility index (Phi) is 6.76. The van der Waals surface area contributed by atoms with Gasteiger partial charge in [0, 0.05) is 48.2 Å². The van der Waals surface area contributed by atoms with E-state index in [9.17, 15) is 8.42 Å². The maximum atomic E-state index is 11.9. The minimum atomic E-state index is -2.82. The molecular weight excluding hydrogens is 402 g/mol. The fourth-order valence-electron chi connectivity index (χ4n) is 4.84. The highest BCUT2D eigenvalue weighted by molar-refractivity contribution is 7.91. The molecule has 0 bridgehead atoms. The molecule has 0 N–H and O–H groups in total. The first kappa shape index (κ1) is 21.1. The van der Waals surface area contributed by atoms with E-state index in [1.807, 2.05) is 6.20 Å². The summed E-state index contributed by atoms with van der Waals surface area (Å²) in [7, 11) is -2.82. The number of pyridine rings is 1. The van der Waals surface area contributed by atoms with Crippen LogP contribution >= 0.6 is 11.3 Å². The maximum Gasteiger partial charge on any atom is 0.150 e. The van der Waals surface area contributed by atoms with Crippen molar-refractivity contribution in [3.05, 3.63) is 23.7 Å². The highest BCUT2D eigenvalue weighted by atomic mass is 32.2. The number of nitrogens with zero attached hydrogens (tertiary/aromatic N) is 3. The fourth-order valence-corrected chi connectivity index (χ4v) is 6.91. The number of hydrogen-bond donors (Lipinski definition) is 0. The van der Waals surface area contributed by atoms with Crippen LogP contribution in [0, 0.1) is 11.8 Å². The van der Waals surface area contributed by atoms with Gasteiger partial charge in [0.15, 0.2) is 0 Å². The van der Waals surface area contributed by atoms with E-state index in [2.05, 4.69) is 32.3 Å². The van der Waals surface area contributed by atoms with E-state index in [1.165, 1.54) is 35.9 Å². The lowest BCUT2D eigenvalue weighted by Crippen LogP contribution is -2.47. The van der Waals surface area contributed by atoms with Crippen LogP contribution in [0.25, 0.3) is 10.1 Å². The second-order valence-electron chi connectivity index (χ2n) is 8.67. The highest BCUT2D eigenvalue weighted by Gasteiger charge is 2.26. The van der Waals surface area contributed by atoms with Crippen LogP contribution in [0.3, 0.4) is 0 Å². The molecule has 2 fully saturated rings. The Hall–Kier alpha value is -1.18. The standard InChI is InChI=1S/C22H33N3O2S2/c1-2-29(26,27)17-19-5-3-18(4-6-19)8-11-24-12-14-25(15-13-24)22-20-9-16-28-21(20)7-10-23-22/h7,9-10,16,18-19H,2-6,8,11-15,17H2,1H3. The molecule has 1 saturated carbocycles.